The molecule has 1 heterocycles. The number of nitrogens with one attached hydrogen (secondary N) is 1. The number of nitriles is 1. The van der Waals surface area contributed by atoms with Crippen LogP contribution in [-0.2, 0) is 0 Å². The molecule has 0 spiro atoms. The molecule has 16 heavy (non-hydrogen) atoms. The highest BCUT2D eigenvalue weighted by atomic mass is 35.5. The molecule has 0 fully saturated rings. The van der Waals surface area contributed by atoms with Crippen LogP contribution in [0.1, 0.15) is 5.56 Å². The van der Waals surface area contributed by atoms with Crippen LogP contribution in [0.3, 0.4) is 0 Å². The molecule has 0 saturated carbocycles. The topological polar surface area (TPSA) is 39.6 Å². The number of hydrogen-bond acceptors (Lipinski definition) is 1. The van der Waals surface area contributed by atoms with E-state index < -0.39 is 16.7 Å². The predicted molar refractivity (Wildman–Crippen MR) is 55.9 cm³/mol. The van der Waals surface area contributed by atoms with Crippen molar-refractivity contribution in [3.8, 4) is 17.2 Å². The molecule has 0 bridgehead atoms. The predicted octanol–water partition coefficient (Wildman–Crippen LogP) is 3.48. The molecule has 0 amide bonds. The van der Waals surface area contributed by atoms with Crippen LogP contribution < -0.4 is 0 Å². The van der Waals surface area contributed by atoms with Crippen LogP contribution in [0.5, 0.6) is 0 Å². The van der Waals surface area contributed by atoms with E-state index in [1.807, 2.05) is 6.07 Å². The van der Waals surface area contributed by atoms with Gasteiger partial charge in [-0.3, -0.25) is 0 Å². The molecule has 0 aliphatic heterocycles. The van der Waals surface area contributed by atoms with Crippen molar-refractivity contribution in [2.75, 3.05) is 0 Å². The van der Waals surface area contributed by atoms with Gasteiger partial charge in [0.05, 0.1) is 5.56 Å². The second kappa shape index (κ2) is 3.95. The fraction of sp³-hybridized carbons (Fsp3) is 0. The van der Waals surface area contributed by atoms with E-state index in [2.05, 4.69) is 4.98 Å². The molecular formula is C11H5ClF2N2. The molecule has 80 valence electrons. The molecule has 0 atom stereocenters. The van der Waals surface area contributed by atoms with Crippen molar-refractivity contribution in [1.29, 1.82) is 5.26 Å². The molecule has 0 unspecified atom stereocenters. The molecule has 0 radical (unpaired) electrons. The monoisotopic (exact) mass is 238 g/mol. The number of aromatic amines is 1. The number of nitrogens with zero attached hydrogens (tertiary/aromatic N) is 1. The second-order valence-corrected chi connectivity index (χ2v) is 3.50. The Bertz CT molecular complexity index is 584. The molecule has 0 aliphatic carbocycles. The van der Waals surface area contributed by atoms with E-state index in [9.17, 15) is 8.78 Å². The average Bonchev–Trinajstić information content (AvgIpc) is 2.74. The SMILES string of the molecule is N#Cc1c[nH]cc1-c1ccc(F)c(Cl)c1F. The van der Waals surface area contributed by atoms with Crippen molar-refractivity contribution in [3.63, 3.8) is 0 Å². The van der Waals surface area contributed by atoms with E-state index >= 15 is 0 Å². The summed E-state index contributed by atoms with van der Waals surface area (Å²) in [7, 11) is 0. The van der Waals surface area contributed by atoms with Gasteiger partial charge in [0.1, 0.15) is 16.9 Å². The first-order chi connectivity index (χ1) is 7.65. The minimum Gasteiger partial charge on any atom is -0.366 e. The van der Waals surface area contributed by atoms with Crippen LogP contribution in [0.2, 0.25) is 5.02 Å². The summed E-state index contributed by atoms with van der Waals surface area (Å²) in [4.78, 5) is 2.68. The van der Waals surface area contributed by atoms with Crippen molar-refractivity contribution in [3.05, 3.63) is 46.7 Å². The Morgan fingerprint density at radius 1 is 1.19 bits per heavy atom. The molecule has 1 aromatic carbocycles. The molecule has 2 aromatic rings. The fourth-order valence-corrected chi connectivity index (χ4v) is 1.58. The molecule has 1 aromatic heterocycles. The zero-order chi connectivity index (χ0) is 11.7. The average molecular weight is 239 g/mol. The van der Waals surface area contributed by atoms with E-state index in [1.54, 1.807) is 0 Å². The first kappa shape index (κ1) is 10.7. The maximum absolute atomic E-state index is 13.6. The normalized spacial score (nSPS) is 10.1. The number of halogens is 3. The summed E-state index contributed by atoms with van der Waals surface area (Å²) in [5.74, 6) is -1.69. The molecule has 0 aliphatic rings. The van der Waals surface area contributed by atoms with Crippen molar-refractivity contribution in [1.82, 2.24) is 4.98 Å². The Hall–Kier alpha value is -1.86. The number of aromatic nitrogens is 1. The maximum Gasteiger partial charge on any atom is 0.152 e. The van der Waals surface area contributed by atoms with Gasteiger partial charge < -0.3 is 4.98 Å². The van der Waals surface area contributed by atoms with E-state index in [0.717, 1.165) is 6.07 Å². The van der Waals surface area contributed by atoms with Gasteiger partial charge in [0, 0.05) is 23.5 Å². The highest BCUT2D eigenvalue weighted by Gasteiger charge is 2.15. The third kappa shape index (κ3) is 1.55. The molecule has 2 rings (SSSR count). The largest absolute Gasteiger partial charge is 0.366 e. The van der Waals surface area contributed by atoms with E-state index in [1.165, 1.54) is 18.5 Å². The highest BCUT2D eigenvalue weighted by Crippen LogP contribution is 2.31. The van der Waals surface area contributed by atoms with Crippen molar-refractivity contribution >= 4 is 11.6 Å². The van der Waals surface area contributed by atoms with E-state index in [0.29, 0.717) is 5.56 Å². The van der Waals surface area contributed by atoms with Gasteiger partial charge in [-0.05, 0) is 12.1 Å². The van der Waals surface area contributed by atoms with Gasteiger partial charge >= 0.3 is 0 Å². The summed E-state index contributed by atoms with van der Waals surface area (Å²) in [5.41, 5.74) is 0.743. The summed E-state index contributed by atoms with van der Waals surface area (Å²) in [6.45, 7) is 0. The van der Waals surface area contributed by atoms with Crippen molar-refractivity contribution in [2.24, 2.45) is 0 Å². The smallest absolute Gasteiger partial charge is 0.152 e. The van der Waals surface area contributed by atoms with Gasteiger partial charge in [0.25, 0.3) is 0 Å². The minimum atomic E-state index is -0.863. The third-order valence-electron chi connectivity index (χ3n) is 2.19. The number of rotatable bonds is 1. The Morgan fingerprint density at radius 3 is 2.62 bits per heavy atom. The molecule has 5 heteroatoms. The number of benzene rings is 1. The Labute approximate surface area is 95.1 Å². The first-order valence-corrected chi connectivity index (χ1v) is 4.73. The summed E-state index contributed by atoms with van der Waals surface area (Å²) in [6.07, 6.45) is 2.90. The molecule has 0 saturated heterocycles. The summed E-state index contributed by atoms with van der Waals surface area (Å²) < 4.78 is 26.6. The lowest BCUT2D eigenvalue weighted by atomic mass is 10.0. The maximum atomic E-state index is 13.6. The van der Waals surface area contributed by atoms with Crippen LogP contribution in [0, 0.1) is 23.0 Å². The minimum absolute atomic E-state index is 0.101. The quantitative estimate of drug-likeness (QED) is 0.759. The highest BCUT2D eigenvalue weighted by molar-refractivity contribution is 6.31. The Kier molecular flexibility index (Phi) is 2.63. The lowest BCUT2D eigenvalue weighted by Crippen LogP contribution is -1.89. The number of H-pyrrole nitrogens is 1. The van der Waals surface area contributed by atoms with Crippen LogP contribution in [0.15, 0.2) is 24.5 Å². The van der Waals surface area contributed by atoms with Gasteiger partial charge in [-0.15, -0.1) is 0 Å². The van der Waals surface area contributed by atoms with Gasteiger partial charge in [-0.25, -0.2) is 8.78 Å². The first-order valence-electron chi connectivity index (χ1n) is 4.36. The summed E-state index contributed by atoms with van der Waals surface area (Å²) in [5, 5.41) is 8.22. The van der Waals surface area contributed by atoms with Crippen LogP contribution in [-0.4, -0.2) is 4.98 Å². The Morgan fingerprint density at radius 2 is 1.94 bits per heavy atom. The van der Waals surface area contributed by atoms with Gasteiger partial charge in [0.15, 0.2) is 5.82 Å². The van der Waals surface area contributed by atoms with E-state index in [-0.39, 0.29) is 11.1 Å². The summed E-state index contributed by atoms with van der Waals surface area (Å²) >= 11 is 5.45. The standard InChI is InChI=1S/C11H5ClF2N2/c12-10-9(13)2-1-7(11(10)14)8-5-16-4-6(8)3-15/h1-2,4-5,16H. The third-order valence-corrected chi connectivity index (χ3v) is 2.54. The molecule has 1 N–H and O–H groups in total. The fourth-order valence-electron chi connectivity index (χ4n) is 1.41. The zero-order valence-electron chi connectivity index (χ0n) is 7.89. The second-order valence-electron chi connectivity index (χ2n) is 3.12. The lowest BCUT2D eigenvalue weighted by Gasteiger charge is -2.03. The molecular weight excluding hydrogens is 234 g/mol. The van der Waals surface area contributed by atoms with Crippen LogP contribution >= 0.6 is 11.6 Å². The van der Waals surface area contributed by atoms with Crippen molar-refractivity contribution < 1.29 is 8.78 Å². The lowest BCUT2D eigenvalue weighted by molar-refractivity contribution is 0.586. The van der Waals surface area contributed by atoms with Crippen LogP contribution in [0.25, 0.3) is 11.1 Å². The number of hydrogen-bond donors (Lipinski definition) is 1. The van der Waals surface area contributed by atoms with Gasteiger partial charge in [0.2, 0.25) is 0 Å². The van der Waals surface area contributed by atoms with Crippen LogP contribution in [0.4, 0.5) is 8.78 Å². The zero-order valence-corrected chi connectivity index (χ0v) is 8.65. The molecule has 2 nitrogen and oxygen atoms in total. The summed E-state index contributed by atoms with van der Waals surface area (Å²) in [6, 6.07) is 4.22. The Balaban J connectivity index is 2.67. The van der Waals surface area contributed by atoms with Gasteiger partial charge in [-0.1, -0.05) is 11.6 Å². The van der Waals surface area contributed by atoms with E-state index in [4.69, 9.17) is 16.9 Å². The van der Waals surface area contributed by atoms with Gasteiger partial charge in [-0.2, -0.15) is 5.26 Å². The van der Waals surface area contributed by atoms with Crippen molar-refractivity contribution in [2.45, 2.75) is 0 Å².